The Hall–Kier alpha value is -4.28. The van der Waals surface area contributed by atoms with E-state index >= 15 is 0 Å². The number of aromatic nitrogens is 4. The van der Waals surface area contributed by atoms with Crippen molar-refractivity contribution in [2.24, 2.45) is 0 Å². The molecule has 0 saturated carbocycles. The Morgan fingerprint density at radius 3 is 2.75 bits per heavy atom. The fourth-order valence-corrected chi connectivity index (χ4v) is 3.25. The summed E-state index contributed by atoms with van der Waals surface area (Å²) in [5.41, 5.74) is 6.42. The molecule has 0 aliphatic rings. The normalized spacial score (nSPS) is 11.1. The monoisotopic (exact) mass is 437 g/mol. The number of anilines is 1. The molecule has 11 heteroatoms. The highest BCUT2D eigenvalue weighted by molar-refractivity contribution is 6.07. The van der Waals surface area contributed by atoms with E-state index in [9.17, 15) is 14.4 Å². The lowest BCUT2D eigenvalue weighted by atomic mass is 10.2. The number of nitrogens with zero attached hydrogens (tertiary/aromatic N) is 4. The van der Waals surface area contributed by atoms with Gasteiger partial charge in [-0.3, -0.25) is 14.2 Å². The molecule has 3 aromatic heterocycles. The third kappa shape index (κ3) is 3.87. The Kier molecular flexibility index (Phi) is 5.54. The summed E-state index contributed by atoms with van der Waals surface area (Å²) in [7, 11) is 0. The molecule has 0 aliphatic carbocycles. The van der Waals surface area contributed by atoms with Crippen LogP contribution in [0.2, 0.25) is 0 Å². The third-order valence-electron chi connectivity index (χ3n) is 4.67. The first kappa shape index (κ1) is 21.0. The number of benzene rings is 1. The van der Waals surface area contributed by atoms with Crippen molar-refractivity contribution in [2.75, 3.05) is 12.3 Å². The van der Waals surface area contributed by atoms with Gasteiger partial charge in [0.25, 0.3) is 5.56 Å². The number of fused-ring (bicyclic) bond motifs is 2. The quantitative estimate of drug-likeness (QED) is 0.441. The second-order valence-corrected chi connectivity index (χ2v) is 6.81. The molecule has 0 saturated heterocycles. The van der Waals surface area contributed by atoms with Gasteiger partial charge in [-0.15, -0.1) is 0 Å². The highest BCUT2D eigenvalue weighted by Gasteiger charge is 2.24. The predicted molar refractivity (Wildman–Crippen MR) is 113 cm³/mol. The molecule has 1 aromatic carbocycles. The van der Waals surface area contributed by atoms with Crippen molar-refractivity contribution in [1.29, 1.82) is 0 Å². The van der Waals surface area contributed by atoms with Crippen molar-refractivity contribution >= 4 is 39.8 Å². The van der Waals surface area contributed by atoms with Gasteiger partial charge in [0.05, 0.1) is 29.2 Å². The van der Waals surface area contributed by atoms with Crippen LogP contribution in [0.3, 0.4) is 0 Å². The summed E-state index contributed by atoms with van der Waals surface area (Å²) in [6, 6.07) is 6.83. The number of hydrogen-bond donors (Lipinski definition) is 1. The van der Waals surface area contributed by atoms with Crippen molar-refractivity contribution in [3.05, 3.63) is 58.1 Å². The van der Waals surface area contributed by atoms with Crippen LogP contribution in [0, 0.1) is 6.92 Å². The Labute approximate surface area is 180 Å². The molecule has 0 amide bonds. The molecule has 164 valence electrons. The van der Waals surface area contributed by atoms with E-state index in [4.69, 9.17) is 19.6 Å². The lowest BCUT2D eigenvalue weighted by Crippen LogP contribution is -2.25. The second kappa shape index (κ2) is 8.46. The van der Waals surface area contributed by atoms with E-state index in [1.807, 2.05) is 0 Å². The van der Waals surface area contributed by atoms with Gasteiger partial charge in [-0.05, 0) is 26.0 Å². The summed E-state index contributed by atoms with van der Waals surface area (Å²) in [4.78, 5) is 49.4. The summed E-state index contributed by atoms with van der Waals surface area (Å²) in [6.45, 7) is 2.83. The van der Waals surface area contributed by atoms with Gasteiger partial charge < -0.3 is 19.6 Å². The van der Waals surface area contributed by atoms with Gasteiger partial charge in [0.2, 0.25) is 5.71 Å². The summed E-state index contributed by atoms with van der Waals surface area (Å²) in [5.74, 6) is -0.911. The van der Waals surface area contributed by atoms with E-state index in [0.717, 1.165) is 4.57 Å². The molecule has 11 nitrogen and oxygen atoms in total. The van der Waals surface area contributed by atoms with Crippen LogP contribution in [0.1, 0.15) is 28.9 Å². The molecule has 2 N–H and O–H groups in total. The van der Waals surface area contributed by atoms with E-state index in [-0.39, 0.29) is 59.4 Å². The third-order valence-corrected chi connectivity index (χ3v) is 4.67. The fourth-order valence-electron chi connectivity index (χ4n) is 3.25. The minimum atomic E-state index is -0.686. The SMILES string of the molecule is CCOC(=O)c1c(C)oc2nc(COC(=O)Cn3cnc4ccccc4c3=O)nc(N)c12. The number of para-hydroxylation sites is 1. The first-order valence-corrected chi connectivity index (χ1v) is 9.71. The first-order valence-electron chi connectivity index (χ1n) is 9.71. The lowest BCUT2D eigenvalue weighted by Gasteiger charge is -2.07. The number of carbonyl (C=O) groups is 2. The molecule has 0 aliphatic heterocycles. The maximum atomic E-state index is 12.5. The van der Waals surface area contributed by atoms with E-state index in [2.05, 4.69) is 15.0 Å². The van der Waals surface area contributed by atoms with Crippen LogP contribution in [-0.2, 0) is 27.4 Å². The zero-order chi connectivity index (χ0) is 22.8. The smallest absolute Gasteiger partial charge is 0.342 e. The Morgan fingerprint density at radius 2 is 1.97 bits per heavy atom. The van der Waals surface area contributed by atoms with Crippen LogP contribution in [0.4, 0.5) is 5.82 Å². The van der Waals surface area contributed by atoms with Crippen molar-refractivity contribution in [2.45, 2.75) is 27.0 Å². The van der Waals surface area contributed by atoms with Crippen LogP contribution in [0.25, 0.3) is 22.0 Å². The van der Waals surface area contributed by atoms with Crippen LogP contribution in [-0.4, -0.2) is 38.1 Å². The number of rotatable bonds is 6. The lowest BCUT2D eigenvalue weighted by molar-refractivity contribution is -0.146. The standard InChI is InChI=1S/C21H19N5O6/c1-3-30-21(29)16-11(2)32-19-17(16)18(22)24-14(25-19)9-31-15(27)8-26-10-23-13-7-5-4-6-12(13)20(26)28/h4-7,10H,3,8-9H2,1-2H3,(H2,22,24,25). The Morgan fingerprint density at radius 1 is 1.19 bits per heavy atom. The minimum absolute atomic E-state index is 0.00380. The maximum Gasteiger partial charge on any atom is 0.342 e. The number of furan rings is 1. The Balaban J connectivity index is 1.51. The van der Waals surface area contributed by atoms with Crippen LogP contribution < -0.4 is 11.3 Å². The molecule has 3 heterocycles. The van der Waals surface area contributed by atoms with Crippen molar-refractivity contribution in [3.8, 4) is 0 Å². The largest absolute Gasteiger partial charge is 0.462 e. The number of nitrogens with two attached hydrogens (primary N) is 1. The molecule has 4 aromatic rings. The van der Waals surface area contributed by atoms with Crippen LogP contribution in [0.5, 0.6) is 0 Å². The molecule has 0 unspecified atom stereocenters. The molecule has 0 fully saturated rings. The van der Waals surface area contributed by atoms with Crippen molar-refractivity contribution < 1.29 is 23.5 Å². The van der Waals surface area contributed by atoms with Gasteiger partial charge in [-0.25, -0.2) is 14.8 Å². The van der Waals surface area contributed by atoms with E-state index in [1.165, 1.54) is 6.33 Å². The van der Waals surface area contributed by atoms with Gasteiger partial charge >= 0.3 is 11.9 Å². The van der Waals surface area contributed by atoms with Gasteiger partial charge in [-0.1, -0.05) is 12.1 Å². The summed E-state index contributed by atoms with van der Waals surface area (Å²) < 4.78 is 16.9. The van der Waals surface area contributed by atoms with Gasteiger partial charge in [0.1, 0.15) is 23.7 Å². The van der Waals surface area contributed by atoms with E-state index in [1.54, 1.807) is 38.1 Å². The van der Waals surface area contributed by atoms with Gasteiger partial charge in [0.15, 0.2) is 12.4 Å². The molecule has 0 bridgehead atoms. The van der Waals surface area contributed by atoms with Crippen LogP contribution >= 0.6 is 0 Å². The first-order chi connectivity index (χ1) is 15.4. The van der Waals surface area contributed by atoms with Crippen molar-refractivity contribution in [1.82, 2.24) is 19.5 Å². The predicted octanol–water partition coefficient (Wildman–Crippen LogP) is 1.74. The minimum Gasteiger partial charge on any atom is -0.462 e. The summed E-state index contributed by atoms with van der Waals surface area (Å²) in [6.07, 6.45) is 1.29. The number of hydrogen-bond acceptors (Lipinski definition) is 10. The highest BCUT2D eigenvalue weighted by Crippen LogP contribution is 2.29. The highest BCUT2D eigenvalue weighted by atomic mass is 16.5. The fraction of sp³-hybridized carbons (Fsp3) is 0.238. The topological polar surface area (TPSA) is 152 Å². The summed E-state index contributed by atoms with van der Waals surface area (Å²) in [5, 5.41) is 0.639. The second-order valence-electron chi connectivity index (χ2n) is 6.81. The maximum absolute atomic E-state index is 12.5. The molecule has 32 heavy (non-hydrogen) atoms. The van der Waals surface area contributed by atoms with Crippen LogP contribution in [0.15, 0.2) is 39.8 Å². The Bertz CT molecular complexity index is 1410. The number of nitrogen functional groups attached to an aromatic ring is 1. The zero-order valence-electron chi connectivity index (χ0n) is 17.3. The molecule has 0 spiro atoms. The number of aryl methyl sites for hydroxylation is 1. The number of esters is 2. The number of carbonyl (C=O) groups excluding carboxylic acids is 2. The van der Waals surface area contributed by atoms with E-state index in [0.29, 0.717) is 10.9 Å². The van der Waals surface area contributed by atoms with Crippen molar-refractivity contribution in [3.63, 3.8) is 0 Å². The van der Waals surface area contributed by atoms with Gasteiger partial charge in [0, 0.05) is 0 Å². The molecular formula is C21H19N5O6. The van der Waals surface area contributed by atoms with E-state index < -0.39 is 11.9 Å². The van der Waals surface area contributed by atoms with Gasteiger partial charge in [-0.2, -0.15) is 4.98 Å². The molecule has 4 rings (SSSR count). The zero-order valence-corrected chi connectivity index (χ0v) is 17.3. The molecule has 0 atom stereocenters. The summed E-state index contributed by atoms with van der Waals surface area (Å²) >= 11 is 0. The number of ether oxygens (including phenoxy) is 2. The molecular weight excluding hydrogens is 418 g/mol. The average Bonchev–Trinajstić information content (AvgIpc) is 3.11. The molecule has 0 radical (unpaired) electrons. The average molecular weight is 437 g/mol.